The summed E-state index contributed by atoms with van der Waals surface area (Å²) in [5.74, 6) is 1.54. The van der Waals surface area contributed by atoms with Crippen LogP contribution < -0.4 is 10.1 Å². The Labute approximate surface area is 79.1 Å². The molecule has 0 aromatic carbocycles. The van der Waals surface area contributed by atoms with Gasteiger partial charge in [-0.15, -0.1) is 0 Å². The summed E-state index contributed by atoms with van der Waals surface area (Å²) >= 11 is 0. The SMILES string of the molecule is CCCCOc1cccc(NC)n1. The van der Waals surface area contributed by atoms with Crippen molar-refractivity contribution in [1.29, 1.82) is 0 Å². The zero-order valence-corrected chi connectivity index (χ0v) is 8.21. The molecule has 0 unspecified atom stereocenters. The van der Waals surface area contributed by atoms with E-state index in [1.54, 1.807) is 0 Å². The van der Waals surface area contributed by atoms with Gasteiger partial charge in [0.2, 0.25) is 5.88 Å². The van der Waals surface area contributed by atoms with Crippen LogP contribution in [0.2, 0.25) is 0 Å². The second kappa shape index (κ2) is 5.41. The Balaban J connectivity index is 2.46. The van der Waals surface area contributed by atoms with Gasteiger partial charge in [-0.05, 0) is 12.5 Å². The van der Waals surface area contributed by atoms with Crippen LogP contribution in [-0.4, -0.2) is 18.6 Å². The highest BCUT2D eigenvalue weighted by atomic mass is 16.5. The molecule has 1 rings (SSSR count). The number of pyridine rings is 1. The van der Waals surface area contributed by atoms with Crippen molar-refractivity contribution in [3.05, 3.63) is 18.2 Å². The predicted molar refractivity (Wildman–Crippen MR) is 54.2 cm³/mol. The highest BCUT2D eigenvalue weighted by Crippen LogP contribution is 2.10. The minimum atomic E-state index is 0.695. The van der Waals surface area contributed by atoms with E-state index < -0.39 is 0 Å². The summed E-state index contributed by atoms with van der Waals surface area (Å²) in [7, 11) is 1.85. The van der Waals surface area contributed by atoms with Crippen molar-refractivity contribution in [3.8, 4) is 5.88 Å². The molecule has 1 heterocycles. The molecule has 0 aliphatic rings. The fourth-order valence-corrected chi connectivity index (χ4v) is 0.956. The maximum Gasteiger partial charge on any atom is 0.215 e. The van der Waals surface area contributed by atoms with Crippen molar-refractivity contribution < 1.29 is 4.74 Å². The number of unbranched alkanes of at least 4 members (excludes halogenated alkanes) is 1. The molecule has 0 saturated heterocycles. The van der Waals surface area contributed by atoms with Crippen LogP contribution in [0.25, 0.3) is 0 Å². The van der Waals surface area contributed by atoms with Gasteiger partial charge in [-0.25, -0.2) is 0 Å². The smallest absolute Gasteiger partial charge is 0.215 e. The Morgan fingerprint density at radius 2 is 2.31 bits per heavy atom. The van der Waals surface area contributed by atoms with Crippen LogP contribution in [0.1, 0.15) is 19.8 Å². The summed E-state index contributed by atoms with van der Waals surface area (Å²) in [6.45, 7) is 2.89. The first kappa shape index (κ1) is 9.84. The average Bonchev–Trinajstić information content (AvgIpc) is 2.19. The number of hydrogen-bond donors (Lipinski definition) is 1. The summed E-state index contributed by atoms with van der Waals surface area (Å²) in [5.41, 5.74) is 0. The lowest BCUT2D eigenvalue weighted by atomic mass is 10.4. The quantitative estimate of drug-likeness (QED) is 0.706. The second-order valence-electron chi connectivity index (χ2n) is 2.81. The Kier molecular flexibility index (Phi) is 4.09. The van der Waals surface area contributed by atoms with Crippen LogP contribution >= 0.6 is 0 Å². The second-order valence-corrected chi connectivity index (χ2v) is 2.81. The largest absolute Gasteiger partial charge is 0.478 e. The van der Waals surface area contributed by atoms with E-state index in [-0.39, 0.29) is 0 Å². The lowest BCUT2D eigenvalue weighted by Crippen LogP contribution is -2.00. The van der Waals surface area contributed by atoms with Crippen molar-refractivity contribution in [1.82, 2.24) is 4.98 Å². The van der Waals surface area contributed by atoms with E-state index in [4.69, 9.17) is 4.74 Å². The number of aromatic nitrogens is 1. The molecule has 0 radical (unpaired) electrons. The number of rotatable bonds is 5. The van der Waals surface area contributed by atoms with Crippen molar-refractivity contribution in [2.45, 2.75) is 19.8 Å². The van der Waals surface area contributed by atoms with E-state index in [2.05, 4.69) is 17.2 Å². The fourth-order valence-electron chi connectivity index (χ4n) is 0.956. The third kappa shape index (κ3) is 3.32. The highest BCUT2D eigenvalue weighted by molar-refractivity contribution is 5.35. The summed E-state index contributed by atoms with van der Waals surface area (Å²) in [6.07, 6.45) is 2.22. The molecular weight excluding hydrogens is 164 g/mol. The van der Waals surface area contributed by atoms with E-state index in [1.807, 2.05) is 25.2 Å². The molecule has 72 valence electrons. The normalized spacial score (nSPS) is 9.69. The minimum Gasteiger partial charge on any atom is -0.478 e. The van der Waals surface area contributed by atoms with Gasteiger partial charge in [-0.3, -0.25) is 0 Å². The maximum atomic E-state index is 5.44. The Morgan fingerprint density at radius 3 is 3.00 bits per heavy atom. The monoisotopic (exact) mass is 180 g/mol. The average molecular weight is 180 g/mol. The first-order valence-electron chi connectivity index (χ1n) is 4.64. The zero-order chi connectivity index (χ0) is 9.52. The van der Waals surface area contributed by atoms with E-state index in [0.717, 1.165) is 25.3 Å². The molecule has 1 N–H and O–H groups in total. The zero-order valence-electron chi connectivity index (χ0n) is 8.21. The van der Waals surface area contributed by atoms with Crippen molar-refractivity contribution in [3.63, 3.8) is 0 Å². The molecule has 0 amide bonds. The van der Waals surface area contributed by atoms with Gasteiger partial charge >= 0.3 is 0 Å². The fraction of sp³-hybridized carbons (Fsp3) is 0.500. The third-order valence-electron chi connectivity index (χ3n) is 1.73. The van der Waals surface area contributed by atoms with Gasteiger partial charge in [0, 0.05) is 13.1 Å². The van der Waals surface area contributed by atoms with E-state index in [9.17, 15) is 0 Å². The molecule has 13 heavy (non-hydrogen) atoms. The number of anilines is 1. The number of ether oxygens (including phenoxy) is 1. The summed E-state index contributed by atoms with van der Waals surface area (Å²) in [5, 5.41) is 2.97. The van der Waals surface area contributed by atoms with Gasteiger partial charge < -0.3 is 10.1 Å². The molecule has 0 spiro atoms. The lowest BCUT2D eigenvalue weighted by Gasteiger charge is -2.05. The van der Waals surface area contributed by atoms with Crippen LogP contribution in [0.4, 0.5) is 5.82 Å². The summed E-state index contributed by atoms with van der Waals surface area (Å²) in [4.78, 5) is 4.23. The molecule has 0 bridgehead atoms. The van der Waals surface area contributed by atoms with Crippen molar-refractivity contribution in [2.75, 3.05) is 19.0 Å². The Morgan fingerprint density at radius 1 is 1.46 bits per heavy atom. The number of nitrogens with zero attached hydrogens (tertiary/aromatic N) is 1. The van der Waals surface area contributed by atoms with Gasteiger partial charge in [-0.2, -0.15) is 4.98 Å². The molecule has 1 aromatic heterocycles. The van der Waals surface area contributed by atoms with Gasteiger partial charge in [0.1, 0.15) is 5.82 Å². The van der Waals surface area contributed by atoms with Crippen molar-refractivity contribution in [2.24, 2.45) is 0 Å². The first-order chi connectivity index (χ1) is 6.36. The van der Waals surface area contributed by atoms with E-state index in [0.29, 0.717) is 5.88 Å². The van der Waals surface area contributed by atoms with E-state index in [1.165, 1.54) is 0 Å². The summed E-state index contributed by atoms with van der Waals surface area (Å²) < 4.78 is 5.44. The van der Waals surface area contributed by atoms with Crippen LogP contribution in [0.5, 0.6) is 5.88 Å². The molecule has 3 nitrogen and oxygen atoms in total. The predicted octanol–water partition coefficient (Wildman–Crippen LogP) is 2.30. The van der Waals surface area contributed by atoms with Crippen LogP contribution in [0.3, 0.4) is 0 Å². The van der Waals surface area contributed by atoms with Gasteiger partial charge in [0.05, 0.1) is 6.61 Å². The topological polar surface area (TPSA) is 34.1 Å². The number of hydrogen-bond acceptors (Lipinski definition) is 3. The van der Waals surface area contributed by atoms with Crippen LogP contribution in [-0.2, 0) is 0 Å². The molecule has 1 aromatic rings. The van der Waals surface area contributed by atoms with E-state index >= 15 is 0 Å². The maximum absolute atomic E-state index is 5.44. The standard InChI is InChI=1S/C10H16N2O/c1-3-4-8-13-10-7-5-6-9(11-2)12-10/h5-7H,3-4,8H2,1-2H3,(H,11,12). The van der Waals surface area contributed by atoms with Crippen LogP contribution in [0.15, 0.2) is 18.2 Å². The number of nitrogens with one attached hydrogen (secondary N) is 1. The summed E-state index contributed by atoms with van der Waals surface area (Å²) in [6, 6.07) is 5.71. The third-order valence-corrected chi connectivity index (χ3v) is 1.73. The molecule has 3 heteroatoms. The molecule has 0 fully saturated rings. The first-order valence-corrected chi connectivity index (χ1v) is 4.64. The molecule has 0 aliphatic heterocycles. The molecule has 0 saturated carbocycles. The van der Waals surface area contributed by atoms with Gasteiger partial charge in [-0.1, -0.05) is 19.4 Å². The minimum absolute atomic E-state index is 0.695. The Bertz CT molecular complexity index is 250. The molecule has 0 aliphatic carbocycles. The highest BCUT2D eigenvalue weighted by Gasteiger charge is 1.95. The van der Waals surface area contributed by atoms with Gasteiger partial charge in [0.25, 0.3) is 0 Å². The van der Waals surface area contributed by atoms with Gasteiger partial charge in [0.15, 0.2) is 0 Å². The molecular formula is C10H16N2O. The lowest BCUT2D eigenvalue weighted by molar-refractivity contribution is 0.298. The van der Waals surface area contributed by atoms with Crippen LogP contribution in [0, 0.1) is 0 Å². The Hall–Kier alpha value is -1.25. The van der Waals surface area contributed by atoms with Crippen molar-refractivity contribution >= 4 is 5.82 Å². The molecule has 0 atom stereocenters.